The molecule has 0 bridgehead atoms. The van der Waals surface area contributed by atoms with Crippen molar-refractivity contribution in [2.45, 2.75) is 19.4 Å². The normalized spacial score (nSPS) is 23.0. The van der Waals surface area contributed by atoms with Crippen LogP contribution in [0.2, 0.25) is 0 Å². The van der Waals surface area contributed by atoms with Gasteiger partial charge in [-0.2, -0.15) is 0 Å². The van der Waals surface area contributed by atoms with Gasteiger partial charge in [-0.05, 0) is 6.42 Å². The highest BCUT2D eigenvalue weighted by Crippen LogP contribution is 2.10. The number of amides is 1. The summed E-state index contributed by atoms with van der Waals surface area (Å²) in [5.74, 6) is -0.604. The Labute approximate surface area is 125 Å². The van der Waals surface area contributed by atoms with Crippen LogP contribution in [0, 0.1) is 0 Å². The molecule has 0 saturated carbocycles. The van der Waals surface area contributed by atoms with Crippen molar-refractivity contribution in [3.63, 3.8) is 0 Å². The molecule has 0 aromatic rings. The van der Waals surface area contributed by atoms with Gasteiger partial charge in [-0.1, -0.05) is 6.92 Å². The van der Waals surface area contributed by atoms with Gasteiger partial charge in [0, 0.05) is 39.3 Å². The van der Waals surface area contributed by atoms with Gasteiger partial charge in [0.15, 0.2) is 0 Å². The molecule has 0 aromatic heterocycles. The predicted molar refractivity (Wildman–Crippen MR) is 77.1 cm³/mol. The summed E-state index contributed by atoms with van der Waals surface area (Å²) in [4.78, 5) is 29.3. The van der Waals surface area contributed by atoms with E-state index in [2.05, 4.69) is 4.90 Å². The van der Waals surface area contributed by atoms with E-state index in [9.17, 15) is 14.7 Å². The smallest absolute Gasteiger partial charge is 0.320 e. The highest BCUT2D eigenvalue weighted by molar-refractivity contribution is 5.78. The van der Waals surface area contributed by atoms with Gasteiger partial charge in [0.2, 0.25) is 5.91 Å². The second-order valence-electron chi connectivity index (χ2n) is 5.57. The predicted octanol–water partition coefficient (Wildman–Crippen LogP) is -0.674. The Balaban J connectivity index is 1.75. The second kappa shape index (κ2) is 7.72. The van der Waals surface area contributed by atoms with Crippen molar-refractivity contribution in [1.29, 1.82) is 0 Å². The van der Waals surface area contributed by atoms with Crippen molar-refractivity contribution < 1.29 is 19.4 Å². The van der Waals surface area contributed by atoms with E-state index in [1.54, 1.807) is 0 Å². The summed E-state index contributed by atoms with van der Waals surface area (Å²) in [5, 5.41) is 9.18. The number of rotatable bonds is 5. The first kappa shape index (κ1) is 16.2. The molecule has 21 heavy (non-hydrogen) atoms. The molecule has 120 valence electrons. The van der Waals surface area contributed by atoms with Crippen molar-refractivity contribution in [2.24, 2.45) is 0 Å². The molecule has 2 saturated heterocycles. The highest BCUT2D eigenvalue weighted by atomic mass is 16.5. The Kier molecular flexibility index (Phi) is 5.96. The zero-order valence-corrected chi connectivity index (χ0v) is 12.7. The number of hydrogen-bond acceptors (Lipinski definition) is 5. The van der Waals surface area contributed by atoms with Gasteiger partial charge in [0.05, 0.1) is 19.8 Å². The molecule has 2 aliphatic rings. The van der Waals surface area contributed by atoms with Crippen LogP contribution < -0.4 is 0 Å². The third-order valence-corrected chi connectivity index (χ3v) is 4.24. The minimum atomic E-state index is -0.754. The van der Waals surface area contributed by atoms with Gasteiger partial charge in [0.1, 0.15) is 6.04 Å². The molecule has 2 aliphatic heterocycles. The summed E-state index contributed by atoms with van der Waals surface area (Å²) in [7, 11) is 0. The fraction of sp³-hybridized carbons (Fsp3) is 0.857. The van der Waals surface area contributed by atoms with E-state index in [4.69, 9.17) is 4.74 Å². The van der Waals surface area contributed by atoms with Gasteiger partial charge >= 0.3 is 5.97 Å². The molecule has 0 aliphatic carbocycles. The number of hydrogen-bond donors (Lipinski definition) is 1. The number of ether oxygens (including phenoxy) is 1. The topological polar surface area (TPSA) is 73.3 Å². The summed E-state index contributed by atoms with van der Waals surface area (Å²) in [6, 6.07) is -0.401. The molecule has 0 aromatic carbocycles. The Hall–Kier alpha value is -1.18. The zero-order chi connectivity index (χ0) is 15.2. The number of piperazine rings is 1. The molecular formula is C14H25N3O4. The Morgan fingerprint density at radius 1 is 1.10 bits per heavy atom. The molecule has 7 nitrogen and oxygen atoms in total. The lowest BCUT2D eigenvalue weighted by atomic mass is 10.1. The van der Waals surface area contributed by atoms with Gasteiger partial charge < -0.3 is 14.7 Å². The Morgan fingerprint density at radius 3 is 2.24 bits per heavy atom. The lowest BCUT2D eigenvalue weighted by molar-refractivity contribution is -0.145. The first-order valence-corrected chi connectivity index (χ1v) is 7.66. The molecule has 2 fully saturated rings. The van der Waals surface area contributed by atoms with E-state index in [-0.39, 0.29) is 5.91 Å². The number of carboxylic acid groups (broad SMARTS) is 1. The van der Waals surface area contributed by atoms with Gasteiger partial charge in [-0.25, -0.2) is 0 Å². The van der Waals surface area contributed by atoms with Crippen molar-refractivity contribution in [3.8, 4) is 0 Å². The van der Waals surface area contributed by atoms with Crippen molar-refractivity contribution in [2.75, 3.05) is 59.0 Å². The minimum absolute atomic E-state index is 0.150. The van der Waals surface area contributed by atoms with Gasteiger partial charge in [-0.3, -0.25) is 19.4 Å². The van der Waals surface area contributed by atoms with Crippen LogP contribution in [-0.4, -0.2) is 96.8 Å². The van der Waals surface area contributed by atoms with Crippen molar-refractivity contribution in [3.05, 3.63) is 0 Å². The summed E-state index contributed by atoms with van der Waals surface area (Å²) in [6.45, 7) is 7.84. The SMILES string of the molecule is CC[C@@H](C(=O)O)N1CCN(CC(=O)N2CCOCC2)CC1. The minimum Gasteiger partial charge on any atom is -0.480 e. The lowest BCUT2D eigenvalue weighted by Gasteiger charge is -2.38. The number of nitrogens with zero attached hydrogens (tertiary/aromatic N) is 3. The Bertz CT molecular complexity index is 363. The summed E-state index contributed by atoms with van der Waals surface area (Å²) >= 11 is 0. The molecule has 1 amide bonds. The van der Waals surface area contributed by atoms with E-state index in [0.717, 1.165) is 13.1 Å². The fourth-order valence-electron chi connectivity index (χ4n) is 2.93. The van der Waals surface area contributed by atoms with E-state index in [1.165, 1.54) is 0 Å². The average Bonchev–Trinajstić information content (AvgIpc) is 2.50. The lowest BCUT2D eigenvalue weighted by Crippen LogP contribution is -2.54. The molecule has 0 spiro atoms. The maximum Gasteiger partial charge on any atom is 0.320 e. The van der Waals surface area contributed by atoms with E-state index in [0.29, 0.717) is 52.4 Å². The largest absolute Gasteiger partial charge is 0.480 e. The second-order valence-corrected chi connectivity index (χ2v) is 5.57. The van der Waals surface area contributed by atoms with Crippen LogP contribution in [0.4, 0.5) is 0 Å². The van der Waals surface area contributed by atoms with Crippen LogP contribution in [0.25, 0.3) is 0 Å². The van der Waals surface area contributed by atoms with E-state index >= 15 is 0 Å². The fourth-order valence-corrected chi connectivity index (χ4v) is 2.93. The first-order valence-electron chi connectivity index (χ1n) is 7.66. The first-order chi connectivity index (χ1) is 10.1. The van der Waals surface area contributed by atoms with Crippen LogP contribution in [0.1, 0.15) is 13.3 Å². The van der Waals surface area contributed by atoms with Crippen LogP contribution >= 0.6 is 0 Å². The third-order valence-electron chi connectivity index (χ3n) is 4.24. The van der Waals surface area contributed by atoms with Crippen molar-refractivity contribution >= 4 is 11.9 Å². The summed E-state index contributed by atoms with van der Waals surface area (Å²) in [5.41, 5.74) is 0. The van der Waals surface area contributed by atoms with Crippen LogP contribution in [-0.2, 0) is 14.3 Å². The molecule has 2 heterocycles. The summed E-state index contributed by atoms with van der Waals surface area (Å²) in [6.07, 6.45) is 0.613. The average molecular weight is 299 g/mol. The van der Waals surface area contributed by atoms with E-state index < -0.39 is 12.0 Å². The summed E-state index contributed by atoms with van der Waals surface area (Å²) < 4.78 is 5.25. The van der Waals surface area contributed by atoms with Gasteiger partial charge in [-0.15, -0.1) is 0 Å². The zero-order valence-electron chi connectivity index (χ0n) is 12.7. The monoisotopic (exact) mass is 299 g/mol. The van der Waals surface area contributed by atoms with Crippen molar-refractivity contribution in [1.82, 2.24) is 14.7 Å². The molecule has 2 rings (SSSR count). The maximum absolute atomic E-state index is 12.2. The molecular weight excluding hydrogens is 274 g/mol. The number of carboxylic acids is 1. The number of aliphatic carboxylic acids is 1. The number of morpholine rings is 1. The number of carbonyl (C=O) groups excluding carboxylic acids is 1. The molecule has 0 unspecified atom stereocenters. The third kappa shape index (κ3) is 4.39. The standard InChI is InChI=1S/C14H25N3O4/c1-2-12(14(19)20)16-5-3-15(4-6-16)11-13(18)17-7-9-21-10-8-17/h12H,2-11H2,1H3,(H,19,20)/t12-/m0/s1. The highest BCUT2D eigenvalue weighted by Gasteiger charge is 2.28. The molecule has 0 radical (unpaired) electrons. The van der Waals surface area contributed by atoms with Crippen LogP contribution in [0.3, 0.4) is 0 Å². The molecule has 1 atom stereocenters. The van der Waals surface area contributed by atoms with Crippen LogP contribution in [0.5, 0.6) is 0 Å². The number of carbonyl (C=O) groups is 2. The Morgan fingerprint density at radius 2 is 1.71 bits per heavy atom. The quantitative estimate of drug-likeness (QED) is 0.725. The maximum atomic E-state index is 12.2. The van der Waals surface area contributed by atoms with Gasteiger partial charge in [0.25, 0.3) is 0 Å². The molecule has 1 N–H and O–H groups in total. The van der Waals surface area contributed by atoms with E-state index in [1.807, 2.05) is 16.7 Å². The van der Waals surface area contributed by atoms with Crippen LogP contribution in [0.15, 0.2) is 0 Å². The molecule has 7 heteroatoms.